The van der Waals surface area contributed by atoms with E-state index in [2.05, 4.69) is 10.2 Å². The Labute approximate surface area is 161 Å². The molecule has 4 rings (SSSR count). The lowest BCUT2D eigenvalue weighted by Gasteiger charge is -2.43. The van der Waals surface area contributed by atoms with E-state index in [1.807, 2.05) is 19.1 Å². The first kappa shape index (κ1) is 19.0. The smallest absolute Gasteiger partial charge is 0.223 e. The fourth-order valence-corrected chi connectivity index (χ4v) is 5.28. The molecular weight excluding hydrogens is 342 g/mol. The zero-order chi connectivity index (χ0) is 18.8. The lowest BCUT2D eigenvalue weighted by atomic mass is 9.65. The van der Waals surface area contributed by atoms with Gasteiger partial charge >= 0.3 is 0 Å². The first-order valence-electron chi connectivity index (χ1n) is 10.5. The van der Waals surface area contributed by atoms with Crippen molar-refractivity contribution in [3.8, 4) is 0 Å². The molecule has 1 aliphatic heterocycles. The molecule has 3 fully saturated rings. The van der Waals surface area contributed by atoms with Crippen molar-refractivity contribution in [1.29, 1.82) is 0 Å². The summed E-state index contributed by atoms with van der Waals surface area (Å²) in [6, 6.07) is 4.40. The monoisotopic (exact) mass is 375 g/mol. The second kappa shape index (κ2) is 8.33. The molecule has 0 spiro atoms. The van der Waals surface area contributed by atoms with Crippen molar-refractivity contribution in [2.75, 3.05) is 32.8 Å². The molecule has 3 aliphatic rings. The van der Waals surface area contributed by atoms with E-state index < -0.39 is 0 Å². The molecular formula is C21H33N3O3. The number of rotatable bonds is 5. The first-order valence-corrected chi connectivity index (χ1v) is 10.5. The number of nitrogens with two attached hydrogens (primary N) is 1. The molecule has 0 radical (unpaired) electrons. The van der Waals surface area contributed by atoms with Gasteiger partial charge in [-0.15, -0.1) is 0 Å². The molecule has 6 heteroatoms. The zero-order valence-corrected chi connectivity index (χ0v) is 16.4. The van der Waals surface area contributed by atoms with Crippen LogP contribution in [0.25, 0.3) is 0 Å². The zero-order valence-electron chi connectivity index (χ0n) is 16.4. The molecule has 1 amide bonds. The molecule has 3 atom stereocenters. The van der Waals surface area contributed by atoms with Crippen molar-refractivity contribution in [3.63, 3.8) is 0 Å². The molecule has 2 saturated carbocycles. The highest BCUT2D eigenvalue weighted by Crippen LogP contribution is 2.42. The standard InChI is InChI=1S/C21H33N3O3/c1-14-5-6-19(27-14)18(24-7-9-26-10-8-24)13-23-21(25)17-11-15-3-2-4-16(12-17)20(15)22/h5-6,15-18,20H,2-4,7-13,22H2,1H3,(H,23,25). The maximum Gasteiger partial charge on any atom is 0.223 e. The van der Waals surface area contributed by atoms with Gasteiger partial charge in [0.25, 0.3) is 0 Å². The third-order valence-electron chi connectivity index (χ3n) is 6.83. The molecule has 2 heterocycles. The summed E-state index contributed by atoms with van der Waals surface area (Å²) in [6.45, 7) is 5.74. The van der Waals surface area contributed by atoms with E-state index >= 15 is 0 Å². The van der Waals surface area contributed by atoms with E-state index in [0.717, 1.165) is 50.7 Å². The predicted molar refractivity (Wildman–Crippen MR) is 103 cm³/mol. The summed E-state index contributed by atoms with van der Waals surface area (Å²) in [5, 5.41) is 3.24. The fraction of sp³-hybridized carbons (Fsp3) is 0.762. The number of nitrogens with one attached hydrogen (secondary N) is 1. The largest absolute Gasteiger partial charge is 0.465 e. The summed E-state index contributed by atoms with van der Waals surface area (Å²) in [7, 11) is 0. The topological polar surface area (TPSA) is 80.7 Å². The number of hydrogen-bond acceptors (Lipinski definition) is 5. The number of fused-ring (bicyclic) bond motifs is 2. The second-order valence-corrected chi connectivity index (χ2v) is 8.55. The number of furan rings is 1. The fourth-order valence-electron chi connectivity index (χ4n) is 5.28. The van der Waals surface area contributed by atoms with Crippen molar-refractivity contribution in [2.45, 2.75) is 51.1 Å². The number of amides is 1. The van der Waals surface area contributed by atoms with Gasteiger partial charge in [-0.3, -0.25) is 9.69 Å². The third kappa shape index (κ3) is 4.23. The summed E-state index contributed by atoms with van der Waals surface area (Å²) in [5.74, 6) is 3.19. The molecule has 2 aliphatic carbocycles. The highest BCUT2D eigenvalue weighted by molar-refractivity contribution is 5.78. The summed E-state index contributed by atoms with van der Waals surface area (Å²) in [5.41, 5.74) is 6.38. The van der Waals surface area contributed by atoms with Crippen molar-refractivity contribution >= 4 is 5.91 Å². The van der Waals surface area contributed by atoms with Crippen molar-refractivity contribution < 1.29 is 13.9 Å². The Hall–Kier alpha value is -1.37. The maximum absolute atomic E-state index is 12.9. The molecule has 2 bridgehead atoms. The molecule has 150 valence electrons. The average Bonchev–Trinajstić information content (AvgIpc) is 3.08. The second-order valence-electron chi connectivity index (χ2n) is 8.55. The van der Waals surface area contributed by atoms with Gasteiger partial charge in [-0.1, -0.05) is 6.42 Å². The van der Waals surface area contributed by atoms with Crippen molar-refractivity contribution in [1.82, 2.24) is 10.2 Å². The summed E-state index contributed by atoms with van der Waals surface area (Å²) < 4.78 is 11.4. The average molecular weight is 376 g/mol. The summed E-state index contributed by atoms with van der Waals surface area (Å²) >= 11 is 0. The van der Waals surface area contributed by atoms with Crippen molar-refractivity contribution in [3.05, 3.63) is 23.7 Å². The predicted octanol–water partition coefficient (Wildman–Crippen LogP) is 2.23. The normalized spacial score (nSPS) is 32.8. The van der Waals surface area contributed by atoms with Crippen LogP contribution in [0.5, 0.6) is 0 Å². The highest BCUT2D eigenvalue weighted by atomic mass is 16.5. The van der Waals surface area contributed by atoms with E-state index in [1.54, 1.807) is 0 Å². The van der Waals surface area contributed by atoms with Gasteiger partial charge in [-0.05, 0) is 56.6 Å². The maximum atomic E-state index is 12.9. The van der Waals surface area contributed by atoms with Gasteiger partial charge in [0.15, 0.2) is 0 Å². The Balaban J connectivity index is 1.39. The molecule has 27 heavy (non-hydrogen) atoms. The Bertz CT molecular complexity index is 626. The van der Waals surface area contributed by atoms with Gasteiger partial charge in [0.05, 0.1) is 19.3 Å². The number of carbonyl (C=O) groups is 1. The van der Waals surface area contributed by atoms with Crippen molar-refractivity contribution in [2.24, 2.45) is 23.5 Å². The minimum Gasteiger partial charge on any atom is -0.465 e. The van der Waals surface area contributed by atoms with Crippen LogP contribution in [0.1, 0.15) is 49.7 Å². The Morgan fingerprint density at radius 1 is 1.26 bits per heavy atom. The molecule has 3 unspecified atom stereocenters. The van der Waals surface area contributed by atoms with Crippen LogP contribution in [-0.4, -0.2) is 49.7 Å². The van der Waals surface area contributed by atoms with Crippen LogP contribution in [0.4, 0.5) is 0 Å². The van der Waals surface area contributed by atoms with Crippen LogP contribution in [-0.2, 0) is 9.53 Å². The molecule has 1 saturated heterocycles. The van der Waals surface area contributed by atoms with Gasteiger partial charge < -0.3 is 20.2 Å². The highest BCUT2D eigenvalue weighted by Gasteiger charge is 2.40. The number of aryl methyl sites for hydroxylation is 1. The van der Waals surface area contributed by atoms with Crippen LogP contribution >= 0.6 is 0 Å². The minimum absolute atomic E-state index is 0.0666. The minimum atomic E-state index is 0.0666. The third-order valence-corrected chi connectivity index (χ3v) is 6.83. The number of morpholine rings is 1. The summed E-state index contributed by atoms with van der Waals surface area (Å²) in [6.07, 6.45) is 5.54. The van der Waals surface area contributed by atoms with Crippen LogP contribution < -0.4 is 11.1 Å². The van der Waals surface area contributed by atoms with Gasteiger partial charge in [0.2, 0.25) is 5.91 Å². The van der Waals surface area contributed by atoms with Gasteiger partial charge in [-0.25, -0.2) is 0 Å². The molecule has 6 nitrogen and oxygen atoms in total. The van der Waals surface area contributed by atoms with Crippen LogP contribution in [0, 0.1) is 24.7 Å². The van der Waals surface area contributed by atoms with Crippen LogP contribution in [0.3, 0.4) is 0 Å². The van der Waals surface area contributed by atoms with Crippen LogP contribution in [0.2, 0.25) is 0 Å². The van der Waals surface area contributed by atoms with E-state index in [-0.39, 0.29) is 17.9 Å². The van der Waals surface area contributed by atoms with E-state index in [1.165, 1.54) is 19.3 Å². The van der Waals surface area contributed by atoms with Gasteiger partial charge in [0, 0.05) is 31.6 Å². The van der Waals surface area contributed by atoms with E-state index in [9.17, 15) is 4.79 Å². The number of carbonyl (C=O) groups excluding carboxylic acids is 1. The number of ether oxygens (including phenoxy) is 1. The SMILES string of the molecule is Cc1ccc(C(CNC(=O)C2CC3CCCC(C2)C3N)N2CCOCC2)o1. The number of hydrogen-bond donors (Lipinski definition) is 2. The molecule has 0 aromatic carbocycles. The molecule has 3 N–H and O–H groups in total. The van der Waals surface area contributed by atoms with E-state index in [4.69, 9.17) is 14.9 Å². The Morgan fingerprint density at radius 2 is 1.96 bits per heavy atom. The van der Waals surface area contributed by atoms with E-state index in [0.29, 0.717) is 24.4 Å². The van der Waals surface area contributed by atoms with Crippen LogP contribution in [0.15, 0.2) is 16.5 Å². The van der Waals surface area contributed by atoms with Gasteiger partial charge in [0.1, 0.15) is 11.5 Å². The molecule has 1 aromatic heterocycles. The Kier molecular flexibility index (Phi) is 5.85. The lowest BCUT2D eigenvalue weighted by Crippen LogP contribution is -2.50. The first-order chi connectivity index (χ1) is 13.1. The van der Waals surface area contributed by atoms with Gasteiger partial charge in [-0.2, -0.15) is 0 Å². The quantitative estimate of drug-likeness (QED) is 0.825. The molecule has 1 aromatic rings. The Morgan fingerprint density at radius 3 is 2.59 bits per heavy atom. The number of nitrogens with zero attached hydrogens (tertiary/aromatic N) is 1. The lowest BCUT2D eigenvalue weighted by molar-refractivity contribution is -0.128. The summed E-state index contributed by atoms with van der Waals surface area (Å²) in [4.78, 5) is 15.3.